The van der Waals surface area contributed by atoms with Crippen molar-refractivity contribution in [2.75, 3.05) is 6.54 Å². The molecule has 0 amide bonds. The highest BCUT2D eigenvalue weighted by atomic mass is 79.9. The van der Waals surface area contributed by atoms with Crippen molar-refractivity contribution < 1.29 is 0 Å². The topological polar surface area (TPSA) is 46.8 Å². The summed E-state index contributed by atoms with van der Waals surface area (Å²) in [6.45, 7) is 4.72. The Balaban J connectivity index is 1.72. The Morgan fingerprint density at radius 2 is 2.00 bits per heavy atom. The fourth-order valence-electron chi connectivity index (χ4n) is 3.32. The van der Waals surface area contributed by atoms with Gasteiger partial charge in [0.05, 0.1) is 12.6 Å². The monoisotopic (exact) mass is 383 g/mol. The van der Waals surface area contributed by atoms with Gasteiger partial charge in [-0.1, -0.05) is 57.9 Å². The van der Waals surface area contributed by atoms with Gasteiger partial charge in [-0.3, -0.25) is 4.90 Å². The minimum absolute atomic E-state index is 0.0765. The smallest absolute Gasteiger partial charge is 0.173 e. The summed E-state index contributed by atoms with van der Waals surface area (Å²) in [5.74, 6) is 0.918. The van der Waals surface area contributed by atoms with Gasteiger partial charge in [0.25, 0.3) is 0 Å². The van der Waals surface area contributed by atoms with Crippen LogP contribution in [0.5, 0.6) is 0 Å². The molecule has 1 aliphatic heterocycles. The molecule has 3 aromatic rings. The molecule has 1 atom stereocenters. The van der Waals surface area contributed by atoms with Crippen LogP contribution < -0.4 is 0 Å². The van der Waals surface area contributed by atoms with Gasteiger partial charge in [-0.25, -0.2) is 4.68 Å². The Kier molecular flexibility index (Phi) is 4.16. The Hall–Kier alpha value is -2.05. The number of fused-ring (bicyclic) bond motifs is 1. The van der Waals surface area contributed by atoms with Gasteiger partial charge in [-0.2, -0.15) is 0 Å². The van der Waals surface area contributed by atoms with Crippen LogP contribution in [0.3, 0.4) is 0 Å². The number of rotatable bonds is 3. The third-order valence-electron chi connectivity index (χ3n) is 4.40. The summed E-state index contributed by atoms with van der Waals surface area (Å²) in [4.78, 5) is 2.45. The van der Waals surface area contributed by atoms with E-state index in [9.17, 15) is 0 Å². The van der Waals surface area contributed by atoms with Gasteiger partial charge in [0.2, 0.25) is 0 Å². The Labute approximate surface area is 149 Å². The maximum Gasteiger partial charge on any atom is 0.173 e. The summed E-state index contributed by atoms with van der Waals surface area (Å²) in [6.07, 6.45) is 0. The third-order valence-corrected chi connectivity index (χ3v) is 4.89. The Bertz CT molecular complexity index is 860. The Morgan fingerprint density at radius 1 is 1.12 bits per heavy atom. The molecule has 24 heavy (non-hydrogen) atoms. The second-order valence-corrected chi connectivity index (χ2v) is 7.09. The van der Waals surface area contributed by atoms with E-state index in [1.165, 1.54) is 16.7 Å². The molecule has 5 nitrogen and oxygen atoms in total. The van der Waals surface area contributed by atoms with Crippen LogP contribution in [0.15, 0.2) is 53.0 Å². The number of aromatic nitrogens is 4. The molecule has 2 heterocycles. The van der Waals surface area contributed by atoms with Crippen molar-refractivity contribution in [3.05, 3.63) is 75.5 Å². The highest BCUT2D eigenvalue weighted by Crippen LogP contribution is 2.31. The summed E-state index contributed by atoms with van der Waals surface area (Å²) in [5, 5.41) is 12.3. The molecule has 122 valence electrons. The molecule has 1 aromatic heterocycles. The van der Waals surface area contributed by atoms with Crippen molar-refractivity contribution in [3.63, 3.8) is 0 Å². The van der Waals surface area contributed by atoms with Crippen LogP contribution in [0.4, 0.5) is 0 Å². The van der Waals surface area contributed by atoms with Crippen molar-refractivity contribution in [2.24, 2.45) is 0 Å². The van der Waals surface area contributed by atoms with Gasteiger partial charge >= 0.3 is 0 Å². The average Bonchev–Trinajstić information content (AvgIpc) is 3.03. The summed E-state index contributed by atoms with van der Waals surface area (Å²) in [7, 11) is 0. The SMILES string of the molecule is Cc1cccc(C2c3nnnn3CCN2Cc2cccc(Br)c2)c1. The minimum atomic E-state index is 0.0765. The van der Waals surface area contributed by atoms with E-state index >= 15 is 0 Å². The van der Waals surface area contributed by atoms with Gasteiger partial charge < -0.3 is 0 Å². The molecule has 2 aromatic carbocycles. The zero-order valence-electron chi connectivity index (χ0n) is 13.4. The van der Waals surface area contributed by atoms with Crippen molar-refractivity contribution in [2.45, 2.75) is 26.1 Å². The van der Waals surface area contributed by atoms with Crippen LogP contribution in [0.1, 0.15) is 28.6 Å². The maximum atomic E-state index is 4.30. The maximum absolute atomic E-state index is 4.30. The zero-order valence-corrected chi connectivity index (χ0v) is 15.0. The van der Waals surface area contributed by atoms with Gasteiger partial charge in [0.15, 0.2) is 5.82 Å². The lowest BCUT2D eigenvalue weighted by Crippen LogP contribution is -2.39. The molecular weight excluding hydrogens is 366 g/mol. The minimum Gasteiger partial charge on any atom is -0.284 e. The lowest BCUT2D eigenvalue weighted by molar-refractivity contribution is 0.164. The Morgan fingerprint density at radius 3 is 2.83 bits per heavy atom. The van der Waals surface area contributed by atoms with Crippen LogP contribution in [0, 0.1) is 6.92 Å². The molecule has 4 rings (SSSR count). The summed E-state index contributed by atoms with van der Waals surface area (Å²) in [5.41, 5.74) is 3.77. The highest BCUT2D eigenvalue weighted by Gasteiger charge is 2.31. The van der Waals surface area contributed by atoms with Crippen LogP contribution >= 0.6 is 15.9 Å². The number of benzene rings is 2. The van der Waals surface area contributed by atoms with E-state index in [4.69, 9.17) is 0 Å². The molecule has 1 unspecified atom stereocenters. The second-order valence-electron chi connectivity index (χ2n) is 6.18. The normalized spacial score (nSPS) is 17.7. The van der Waals surface area contributed by atoms with E-state index in [1.54, 1.807) is 0 Å². The van der Waals surface area contributed by atoms with Gasteiger partial charge in [-0.05, 0) is 40.6 Å². The largest absolute Gasteiger partial charge is 0.284 e. The summed E-state index contributed by atoms with van der Waals surface area (Å²) in [6, 6.07) is 17.2. The second kappa shape index (κ2) is 6.45. The molecule has 0 spiro atoms. The number of tetrazole rings is 1. The molecule has 6 heteroatoms. The van der Waals surface area contributed by atoms with E-state index in [0.29, 0.717) is 0 Å². The number of nitrogens with zero attached hydrogens (tertiary/aromatic N) is 5. The lowest BCUT2D eigenvalue weighted by atomic mass is 10.00. The first-order valence-corrected chi connectivity index (χ1v) is 8.81. The van der Waals surface area contributed by atoms with Crippen LogP contribution in [-0.2, 0) is 13.1 Å². The molecule has 0 bridgehead atoms. The predicted molar refractivity (Wildman–Crippen MR) is 95.4 cm³/mol. The van der Waals surface area contributed by atoms with E-state index in [2.05, 4.69) is 91.8 Å². The number of aryl methyl sites for hydroxylation is 1. The molecule has 0 saturated carbocycles. The average molecular weight is 384 g/mol. The predicted octanol–water partition coefficient (Wildman–Crippen LogP) is 3.35. The van der Waals surface area contributed by atoms with Crippen molar-refractivity contribution in [3.8, 4) is 0 Å². The fraction of sp³-hybridized carbons (Fsp3) is 0.278. The number of halogens is 1. The number of hydrogen-bond donors (Lipinski definition) is 0. The molecule has 0 radical (unpaired) electrons. The van der Waals surface area contributed by atoms with Gasteiger partial charge in [-0.15, -0.1) is 5.10 Å². The zero-order chi connectivity index (χ0) is 16.5. The van der Waals surface area contributed by atoms with E-state index in [1.807, 2.05) is 4.68 Å². The number of hydrogen-bond acceptors (Lipinski definition) is 4. The molecule has 0 fully saturated rings. The van der Waals surface area contributed by atoms with Crippen molar-refractivity contribution >= 4 is 15.9 Å². The highest BCUT2D eigenvalue weighted by molar-refractivity contribution is 9.10. The van der Waals surface area contributed by atoms with Gasteiger partial charge in [0, 0.05) is 17.6 Å². The summed E-state index contributed by atoms with van der Waals surface area (Å²) < 4.78 is 3.03. The van der Waals surface area contributed by atoms with E-state index in [0.717, 1.165) is 29.9 Å². The van der Waals surface area contributed by atoms with Gasteiger partial charge in [0.1, 0.15) is 0 Å². The lowest BCUT2D eigenvalue weighted by Gasteiger charge is -2.35. The molecular formula is C18H18BrN5. The molecule has 0 N–H and O–H groups in total. The standard InChI is InChI=1S/C18H18BrN5/c1-13-4-2-6-15(10-13)17-18-20-21-22-24(18)9-8-23(17)12-14-5-3-7-16(19)11-14/h2-7,10-11,17H,8-9,12H2,1H3. The first-order valence-electron chi connectivity index (χ1n) is 8.02. The van der Waals surface area contributed by atoms with Crippen molar-refractivity contribution in [1.82, 2.24) is 25.1 Å². The fourth-order valence-corrected chi connectivity index (χ4v) is 3.77. The van der Waals surface area contributed by atoms with E-state index < -0.39 is 0 Å². The molecule has 0 saturated heterocycles. The first-order chi connectivity index (χ1) is 11.7. The van der Waals surface area contributed by atoms with Crippen molar-refractivity contribution in [1.29, 1.82) is 0 Å². The van der Waals surface area contributed by atoms with Crippen LogP contribution in [0.25, 0.3) is 0 Å². The van der Waals surface area contributed by atoms with Crippen LogP contribution in [-0.4, -0.2) is 31.7 Å². The van der Waals surface area contributed by atoms with Crippen LogP contribution in [0.2, 0.25) is 0 Å². The third kappa shape index (κ3) is 2.99. The molecule has 1 aliphatic rings. The summed E-state index contributed by atoms with van der Waals surface area (Å²) >= 11 is 3.56. The van der Waals surface area contributed by atoms with E-state index in [-0.39, 0.29) is 6.04 Å². The quantitative estimate of drug-likeness (QED) is 0.695. The first kappa shape index (κ1) is 15.5. The molecule has 0 aliphatic carbocycles.